The van der Waals surface area contributed by atoms with E-state index in [0.29, 0.717) is 5.56 Å². The van der Waals surface area contributed by atoms with Gasteiger partial charge in [-0.05, 0) is 37.6 Å². The third kappa shape index (κ3) is 5.51. The first-order valence-corrected chi connectivity index (χ1v) is 6.02. The van der Waals surface area contributed by atoms with E-state index in [1.54, 1.807) is 13.8 Å². The summed E-state index contributed by atoms with van der Waals surface area (Å²) in [5.41, 5.74) is 0.779. The highest BCUT2D eigenvalue weighted by Gasteiger charge is 2.07. The average Bonchev–Trinajstić information content (AvgIpc) is 2.35. The van der Waals surface area contributed by atoms with Crippen molar-refractivity contribution in [2.24, 2.45) is 0 Å². The standard InChI is InChI=1S/C14H16FNO4/c1-9(2)20-14(19)16-8-11-7-10(3-5-12(11)15)4-6-13(17)18/h3-7,9H,8H2,1-2H3,(H,16,19)(H,17,18). The normalized spacial score (nSPS) is 10.8. The molecule has 0 saturated carbocycles. The van der Waals surface area contributed by atoms with Crippen LogP contribution in [-0.4, -0.2) is 23.3 Å². The lowest BCUT2D eigenvalue weighted by Gasteiger charge is -2.10. The number of ether oxygens (including phenoxy) is 1. The maximum absolute atomic E-state index is 13.5. The molecule has 20 heavy (non-hydrogen) atoms. The number of hydrogen-bond donors (Lipinski definition) is 2. The van der Waals surface area contributed by atoms with Gasteiger partial charge in [-0.1, -0.05) is 6.07 Å². The lowest BCUT2D eigenvalue weighted by molar-refractivity contribution is -0.131. The van der Waals surface area contributed by atoms with Crippen LogP contribution in [0.1, 0.15) is 25.0 Å². The minimum atomic E-state index is -1.09. The third-order valence-corrected chi connectivity index (χ3v) is 2.25. The highest BCUT2D eigenvalue weighted by atomic mass is 19.1. The number of hydrogen-bond acceptors (Lipinski definition) is 3. The molecular weight excluding hydrogens is 265 g/mol. The highest BCUT2D eigenvalue weighted by Crippen LogP contribution is 2.12. The number of carbonyl (C=O) groups excluding carboxylic acids is 1. The van der Waals surface area contributed by atoms with E-state index in [1.165, 1.54) is 24.3 Å². The van der Waals surface area contributed by atoms with E-state index in [9.17, 15) is 14.0 Å². The van der Waals surface area contributed by atoms with Crippen LogP contribution in [0.15, 0.2) is 24.3 Å². The molecule has 108 valence electrons. The summed E-state index contributed by atoms with van der Waals surface area (Å²) < 4.78 is 18.4. The Morgan fingerprint density at radius 1 is 1.45 bits per heavy atom. The van der Waals surface area contributed by atoms with Crippen LogP contribution in [0.4, 0.5) is 9.18 Å². The van der Waals surface area contributed by atoms with E-state index in [4.69, 9.17) is 9.84 Å². The quantitative estimate of drug-likeness (QED) is 0.813. The fraction of sp³-hybridized carbons (Fsp3) is 0.286. The molecule has 1 rings (SSSR count). The van der Waals surface area contributed by atoms with E-state index in [2.05, 4.69) is 5.32 Å². The SMILES string of the molecule is CC(C)OC(=O)NCc1cc(C=CC(=O)O)ccc1F. The minimum absolute atomic E-state index is 0.0356. The summed E-state index contributed by atoms with van der Waals surface area (Å²) in [6.07, 6.45) is 1.41. The van der Waals surface area contributed by atoms with Crippen molar-refractivity contribution in [1.82, 2.24) is 5.32 Å². The molecule has 6 heteroatoms. The Morgan fingerprint density at radius 3 is 2.75 bits per heavy atom. The Labute approximate surface area is 116 Å². The number of benzene rings is 1. The van der Waals surface area contributed by atoms with E-state index in [1.807, 2.05) is 0 Å². The number of nitrogens with one attached hydrogen (secondary N) is 1. The zero-order valence-electron chi connectivity index (χ0n) is 11.2. The summed E-state index contributed by atoms with van der Waals surface area (Å²) in [6.45, 7) is 3.38. The highest BCUT2D eigenvalue weighted by molar-refractivity contribution is 5.85. The molecule has 1 aromatic rings. The first-order valence-electron chi connectivity index (χ1n) is 6.02. The molecule has 0 saturated heterocycles. The van der Waals surface area contributed by atoms with Crippen LogP contribution < -0.4 is 5.32 Å². The largest absolute Gasteiger partial charge is 0.478 e. The molecule has 0 aliphatic heterocycles. The van der Waals surface area contributed by atoms with Crippen LogP contribution in [-0.2, 0) is 16.1 Å². The van der Waals surface area contributed by atoms with Crippen molar-refractivity contribution < 1.29 is 23.8 Å². The molecule has 1 amide bonds. The van der Waals surface area contributed by atoms with Crippen molar-refractivity contribution in [3.63, 3.8) is 0 Å². The summed E-state index contributed by atoms with van der Waals surface area (Å²) in [5.74, 6) is -1.57. The number of rotatable bonds is 5. The molecule has 2 N–H and O–H groups in total. The second kappa shape index (κ2) is 7.28. The Hall–Kier alpha value is -2.37. The topological polar surface area (TPSA) is 75.6 Å². The zero-order chi connectivity index (χ0) is 15.1. The van der Waals surface area contributed by atoms with Crippen LogP contribution in [0.5, 0.6) is 0 Å². The second-order valence-electron chi connectivity index (χ2n) is 4.33. The molecule has 0 heterocycles. The van der Waals surface area contributed by atoms with Crippen molar-refractivity contribution in [3.05, 3.63) is 41.2 Å². The van der Waals surface area contributed by atoms with Crippen LogP contribution in [0.2, 0.25) is 0 Å². The Morgan fingerprint density at radius 2 is 2.15 bits per heavy atom. The Balaban J connectivity index is 2.72. The maximum atomic E-state index is 13.5. The van der Waals surface area contributed by atoms with Gasteiger partial charge in [-0.15, -0.1) is 0 Å². The fourth-order valence-corrected chi connectivity index (χ4v) is 1.42. The van der Waals surface area contributed by atoms with Gasteiger partial charge in [-0.3, -0.25) is 0 Å². The molecular formula is C14H16FNO4. The zero-order valence-corrected chi connectivity index (χ0v) is 11.2. The molecule has 0 aliphatic rings. The van der Waals surface area contributed by atoms with Crippen molar-refractivity contribution in [3.8, 4) is 0 Å². The molecule has 0 bridgehead atoms. The van der Waals surface area contributed by atoms with Crippen LogP contribution in [0, 0.1) is 5.82 Å². The Kier molecular flexibility index (Phi) is 5.71. The van der Waals surface area contributed by atoms with Gasteiger partial charge >= 0.3 is 12.1 Å². The van der Waals surface area contributed by atoms with E-state index >= 15 is 0 Å². The third-order valence-electron chi connectivity index (χ3n) is 2.25. The molecule has 0 aliphatic carbocycles. The number of carboxylic acid groups (broad SMARTS) is 1. The van der Waals surface area contributed by atoms with Crippen LogP contribution in [0.3, 0.4) is 0 Å². The lowest BCUT2D eigenvalue weighted by atomic mass is 10.1. The molecule has 0 aromatic heterocycles. The maximum Gasteiger partial charge on any atom is 0.407 e. The summed E-state index contributed by atoms with van der Waals surface area (Å²) in [6, 6.07) is 4.13. The number of carbonyl (C=O) groups is 2. The van der Waals surface area contributed by atoms with Gasteiger partial charge in [0, 0.05) is 18.2 Å². The van der Waals surface area contributed by atoms with Gasteiger partial charge in [-0.25, -0.2) is 14.0 Å². The monoisotopic (exact) mass is 281 g/mol. The smallest absolute Gasteiger partial charge is 0.407 e. The summed E-state index contributed by atoms with van der Waals surface area (Å²) in [5, 5.41) is 10.9. The molecule has 0 fully saturated rings. The fourth-order valence-electron chi connectivity index (χ4n) is 1.42. The molecule has 5 nitrogen and oxygen atoms in total. The summed E-state index contributed by atoms with van der Waals surface area (Å²) >= 11 is 0. The first kappa shape index (κ1) is 15.7. The molecule has 0 atom stereocenters. The number of alkyl carbamates (subject to hydrolysis) is 1. The van der Waals surface area contributed by atoms with Gasteiger partial charge in [0.15, 0.2) is 0 Å². The summed E-state index contributed by atoms with van der Waals surface area (Å²) in [4.78, 5) is 21.7. The second-order valence-corrected chi connectivity index (χ2v) is 4.33. The molecule has 1 aromatic carbocycles. The number of amides is 1. The lowest BCUT2D eigenvalue weighted by Crippen LogP contribution is -2.26. The van der Waals surface area contributed by atoms with Crippen LogP contribution in [0.25, 0.3) is 6.08 Å². The van der Waals surface area contributed by atoms with Gasteiger partial charge in [-0.2, -0.15) is 0 Å². The van der Waals surface area contributed by atoms with E-state index in [-0.39, 0.29) is 18.2 Å². The van der Waals surface area contributed by atoms with Crippen molar-refractivity contribution >= 4 is 18.1 Å². The number of carboxylic acids is 1. The first-order chi connectivity index (χ1) is 9.38. The van der Waals surface area contributed by atoms with Gasteiger partial charge in [0.25, 0.3) is 0 Å². The van der Waals surface area contributed by atoms with Gasteiger partial charge in [0.05, 0.1) is 6.10 Å². The van der Waals surface area contributed by atoms with Gasteiger partial charge in [0.2, 0.25) is 0 Å². The van der Waals surface area contributed by atoms with Crippen molar-refractivity contribution in [2.45, 2.75) is 26.5 Å². The molecule has 0 radical (unpaired) electrons. The number of aliphatic carboxylic acids is 1. The predicted molar refractivity (Wildman–Crippen MR) is 71.5 cm³/mol. The van der Waals surface area contributed by atoms with Crippen LogP contribution >= 0.6 is 0 Å². The van der Waals surface area contributed by atoms with Crippen molar-refractivity contribution in [1.29, 1.82) is 0 Å². The van der Waals surface area contributed by atoms with E-state index in [0.717, 1.165) is 6.08 Å². The average molecular weight is 281 g/mol. The minimum Gasteiger partial charge on any atom is -0.478 e. The Bertz CT molecular complexity index is 526. The van der Waals surface area contributed by atoms with E-state index < -0.39 is 17.9 Å². The number of halogens is 1. The molecule has 0 spiro atoms. The predicted octanol–water partition coefficient (Wildman–Crippen LogP) is 2.56. The van der Waals surface area contributed by atoms with Gasteiger partial charge in [0.1, 0.15) is 5.82 Å². The van der Waals surface area contributed by atoms with Gasteiger partial charge < -0.3 is 15.2 Å². The molecule has 0 unspecified atom stereocenters. The summed E-state index contributed by atoms with van der Waals surface area (Å²) in [7, 11) is 0. The van der Waals surface area contributed by atoms with Crippen molar-refractivity contribution in [2.75, 3.05) is 0 Å².